The van der Waals surface area contributed by atoms with Gasteiger partial charge in [0.25, 0.3) is 0 Å². The molecule has 0 saturated carbocycles. The van der Waals surface area contributed by atoms with Crippen LogP contribution in [0.2, 0.25) is 0 Å². The van der Waals surface area contributed by atoms with Crippen molar-refractivity contribution in [3.05, 3.63) is 18.0 Å². The molecule has 4 nitrogen and oxygen atoms in total. The van der Waals surface area contributed by atoms with Gasteiger partial charge in [0, 0.05) is 37.1 Å². The fourth-order valence-corrected chi connectivity index (χ4v) is 1.13. The predicted octanol–water partition coefficient (Wildman–Crippen LogP) is 1.56. The van der Waals surface area contributed by atoms with E-state index in [4.69, 9.17) is 5.73 Å². The average Bonchev–Trinajstić information content (AvgIpc) is 2.28. The maximum atomic E-state index is 5.49. The number of hydrogen-bond acceptors (Lipinski definition) is 4. The highest BCUT2D eigenvalue weighted by atomic mass is 15.3. The summed E-state index contributed by atoms with van der Waals surface area (Å²) in [6.07, 6.45) is 4.61. The highest BCUT2D eigenvalue weighted by Gasteiger charge is 2.22. The molecule has 0 amide bonds. The van der Waals surface area contributed by atoms with E-state index >= 15 is 0 Å². The minimum atomic E-state index is 0.0736. The number of nitrogens with zero attached hydrogens (tertiary/aromatic N) is 3. The van der Waals surface area contributed by atoms with Gasteiger partial charge in [0.15, 0.2) is 0 Å². The second-order valence-electron chi connectivity index (χ2n) is 4.32. The smallest absolute Gasteiger partial charge is 0.225 e. The van der Waals surface area contributed by atoms with E-state index in [0.717, 1.165) is 17.9 Å². The second kappa shape index (κ2) is 4.57. The molecule has 0 aliphatic heterocycles. The normalized spacial score (nSPS) is 11.5. The Balaban J connectivity index is 2.87. The zero-order chi connectivity index (χ0) is 11.5. The molecule has 0 spiro atoms. The number of rotatable bonds is 4. The molecule has 1 heterocycles. The summed E-state index contributed by atoms with van der Waals surface area (Å²) in [6.45, 7) is 6.99. The molecule has 0 aromatic carbocycles. The second-order valence-corrected chi connectivity index (χ2v) is 4.32. The largest absolute Gasteiger partial charge is 0.339 e. The van der Waals surface area contributed by atoms with Crippen LogP contribution >= 0.6 is 0 Å². The van der Waals surface area contributed by atoms with Crippen LogP contribution in [0.15, 0.2) is 12.4 Å². The van der Waals surface area contributed by atoms with Crippen LogP contribution in [-0.4, -0.2) is 22.6 Å². The van der Waals surface area contributed by atoms with Crippen LogP contribution in [0.3, 0.4) is 0 Å². The van der Waals surface area contributed by atoms with Gasteiger partial charge in [0.05, 0.1) is 0 Å². The minimum Gasteiger partial charge on any atom is -0.339 e. The van der Waals surface area contributed by atoms with Crippen LogP contribution in [0.4, 0.5) is 5.95 Å². The summed E-state index contributed by atoms with van der Waals surface area (Å²) in [5.74, 6) is 0.749. The van der Waals surface area contributed by atoms with Gasteiger partial charge in [-0.05, 0) is 20.3 Å². The molecule has 0 atom stereocenters. The van der Waals surface area contributed by atoms with Gasteiger partial charge in [-0.15, -0.1) is 0 Å². The van der Waals surface area contributed by atoms with Crippen molar-refractivity contribution in [2.24, 2.45) is 5.73 Å². The number of nitrogens with two attached hydrogens (primary N) is 1. The Hall–Kier alpha value is -1.16. The summed E-state index contributed by atoms with van der Waals surface area (Å²) in [7, 11) is 2.01. The van der Waals surface area contributed by atoms with E-state index < -0.39 is 0 Å². The lowest BCUT2D eigenvalue weighted by Crippen LogP contribution is -2.41. The maximum absolute atomic E-state index is 5.49. The third-order valence-electron chi connectivity index (χ3n) is 3.00. The highest BCUT2D eigenvalue weighted by Crippen LogP contribution is 2.20. The van der Waals surface area contributed by atoms with Crippen LogP contribution in [0.25, 0.3) is 0 Å². The summed E-state index contributed by atoms with van der Waals surface area (Å²) in [4.78, 5) is 10.7. The zero-order valence-electron chi connectivity index (χ0n) is 9.99. The van der Waals surface area contributed by atoms with Gasteiger partial charge in [-0.2, -0.15) is 0 Å². The Kier molecular flexibility index (Phi) is 3.63. The lowest BCUT2D eigenvalue weighted by atomic mass is 10.0. The van der Waals surface area contributed by atoms with Crippen molar-refractivity contribution in [1.82, 2.24) is 9.97 Å². The van der Waals surface area contributed by atoms with Gasteiger partial charge in [-0.1, -0.05) is 6.92 Å². The van der Waals surface area contributed by atoms with Crippen molar-refractivity contribution >= 4 is 5.95 Å². The first-order valence-electron chi connectivity index (χ1n) is 5.26. The quantitative estimate of drug-likeness (QED) is 0.816. The van der Waals surface area contributed by atoms with Gasteiger partial charge in [0.1, 0.15) is 0 Å². The van der Waals surface area contributed by atoms with E-state index in [-0.39, 0.29) is 5.54 Å². The molecule has 1 aromatic heterocycles. The molecule has 0 aliphatic carbocycles. The first-order chi connectivity index (χ1) is 7.01. The zero-order valence-corrected chi connectivity index (χ0v) is 9.99. The monoisotopic (exact) mass is 208 g/mol. The third kappa shape index (κ3) is 2.65. The molecule has 0 saturated heterocycles. The van der Waals surface area contributed by atoms with Gasteiger partial charge in [-0.3, -0.25) is 0 Å². The van der Waals surface area contributed by atoms with E-state index in [1.54, 1.807) is 12.4 Å². The van der Waals surface area contributed by atoms with Crippen molar-refractivity contribution in [3.8, 4) is 0 Å². The Bertz CT molecular complexity index is 305. The van der Waals surface area contributed by atoms with Crippen LogP contribution in [0.5, 0.6) is 0 Å². The SMILES string of the molecule is CCC(C)(C)N(C)c1ncc(CN)cn1. The molecule has 84 valence electrons. The summed E-state index contributed by atoms with van der Waals surface area (Å²) < 4.78 is 0. The molecule has 0 fully saturated rings. The van der Waals surface area contributed by atoms with Crippen LogP contribution in [0.1, 0.15) is 32.8 Å². The molecular weight excluding hydrogens is 188 g/mol. The lowest BCUT2D eigenvalue weighted by Gasteiger charge is -2.34. The Labute approximate surface area is 91.5 Å². The molecule has 4 heteroatoms. The summed E-state index contributed by atoms with van der Waals surface area (Å²) in [6, 6.07) is 0. The lowest BCUT2D eigenvalue weighted by molar-refractivity contribution is 0.463. The van der Waals surface area contributed by atoms with E-state index in [2.05, 4.69) is 35.6 Å². The molecule has 2 N–H and O–H groups in total. The fourth-order valence-electron chi connectivity index (χ4n) is 1.13. The Morgan fingerprint density at radius 1 is 1.33 bits per heavy atom. The molecule has 0 unspecified atom stereocenters. The Morgan fingerprint density at radius 2 is 1.87 bits per heavy atom. The van der Waals surface area contributed by atoms with E-state index in [1.165, 1.54) is 0 Å². The molecule has 1 aromatic rings. The predicted molar refractivity (Wildman–Crippen MR) is 62.7 cm³/mol. The summed E-state index contributed by atoms with van der Waals surface area (Å²) in [5.41, 5.74) is 6.53. The first-order valence-corrected chi connectivity index (χ1v) is 5.26. The maximum Gasteiger partial charge on any atom is 0.225 e. The van der Waals surface area contributed by atoms with Crippen molar-refractivity contribution in [3.63, 3.8) is 0 Å². The van der Waals surface area contributed by atoms with E-state index in [0.29, 0.717) is 6.54 Å². The third-order valence-corrected chi connectivity index (χ3v) is 3.00. The van der Waals surface area contributed by atoms with Crippen molar-refractivity contribution < 1.29 is 0 Å². The van der Waals surface area contributed by atoms with Gasteiger partial charge in [0.2, 0.25) is 5.95 Å². The van der Waals surface area contributed by atoms with Crippen LogP contribution in [0, 0.1) is 0 Å². The van der Waals surface area contributed by atoms with Gasteiger partial charge in [-0.25, -0.2) is 9.97 Å². The molecule has 1 rings (SSSR count). The summed E-state index contributed by atoms with van der Waals surface area (Å²) in [5, 5.41) is 0. The number of anilines is 1. The van der Waals surface area contributed by atoms with E-state index in [1.807, 2.05) is 7.05 Å². The number of hydrogen-bond donors (Lipinski definition) is 1. The Morgan fingerprint density at radius 3 is 2.27 bits per heavy atom. The number of aromatic nitrogens is 2. The van der Waals surface area contributed by atoms with Crippen molar-refractivity contribution in [2.45, 2.75) is 39.3 Å². The molecule has 15 heavy (non-hydrogen) atoms. The van der Waals surface area contributed by atoms with Crippen LogP contribution < -0.4 is 10.6 Å². The standard InChI is InChI=1S/C11H20N4/c1-5-11(2,3)15(4)10-13-7-9(6-12)8-14-10/h7-8H,5-6,12H2,1-4H3. The van der Waals surface area contributed by atoms with Gasteiger partial charge >= 0.3 is 0 Å². The van der Waals surface area contributed by atoms with Crippen molar-refractivity contribution in [1.29, 1.82) is 0 Å². The molecular formula is C11H20N4. The van der Waals surface area contributed by atoms with Crippen LogP contribution in [-0.2, 0) is 6.54 Å². The van der Waals surface area contributed by atoms with Crippen molar-refractivity contribution in [2.75, 3.05) is 11.9 Å². The highest BCUT2D eigenvalue weighted by molar-refractivity contribution is 5.32. The topological polar surface area (TPSA) is 55.0 Å². The molecule has 0 bridgehead atoms. The summed E-state index contributed by atoms with van der Waals surface area (Å²) >= 11 is 0. The minimum absolute atomic E-state index is 0.0736. The van der Waals surface area contributed by atoms with Gasteiger partial charge < -0.3 is 10.6 Å². The molecule has 0 radical (unpaired) electrons. The first kappa shape index (κ1) is 11.9. The fraction of sp³-hybridized carbons (Fsp3) is 0.636. The average molecular weight is 208 g/mol. The van der Waals surface area contributed by atoms with E-state index in [9.17, 15) is 0 Å². The molecule has 0 aliphatic rings.